The molecule has 0 spiro atoms. The van der Waals surface area contributed by atoms with Gasteiger partial charge in [-0.2, -0.15) is 0 Å². The molecule has 2 amide bonds. The zero-order valence-corrected chi connectivity index (χ0v) is 16.8. The highest BCUT2D eigenvalue weighted by atomic mass is 16.6. The Morgan fingerprint density at radius 2 is 1.77 bits per heavy atom. The Balaban J connectivity index is 2.09. The van der Waals surface area contributed by atoms with Crippen LogP contribution >= 0.6 is 0 Å². The van der Waals surface area contributed by atoms with Crippen molar-refractivity contribution in [3.8, 4) is 5.75 Å². The maximum Gasteiger partial charge on any atom is 0.278 e. The van der Waals surface area contributed by atoms with Crippen LogP contribution in [-0.4, -0.2) is 49.0 Å². The summed E-state index contributed by atoms with van der Waals surface area (Å²) in [6.07, 6.45) is 0. The number of ether oxygens (including phenoxy) is 2. The first-order valence-electron chi connectivity index (χ1n) is 9.13. The van der Waals surface area contributed by atoms with Gasteiger partial charge in [-0.25, -0.2) is 0 Å². The number of nitro benzene ring substituents is 1. The van der Waals surface area contributed by atoms with E-state index in [1.54, 1.807) is 12.1 Å². The summed E-state index contributed by atoms with van der Waals surface area (Å²) in [6.45, 7) is 2.16. The zero-order valence-electron chi connectivity index (χ0n) is 16.8. The third kappa shape index (κ3) is 4.01. The second kappa shape index (κ2) is 8.75. The van der Waals surface area contributed by atoms with Gasteiger partial charge in [-0.3, -0.25) is 24.6 Å². The molecule has 0 aliphatic carbocycles. The molecule has 156 valence electrons. The summed E-state index contributed by atoms with van der Waals surface area (Å²) in [7, 11) is 2.99. The summed E-state index contributed by atoms with van der Waals surface area (Å²) in [5.41, 5.74) is 1.96. The fourth-order valence-electron chi connectivity index (χ4n) is 3.15. The predicted octanol–water partition coefficient (Wildman–Crippen LogP) is 2.75. The van der Waals surface area contributed by atoms with E-state index in [2.05, 4.69) is 5.32 Å². The van der Waals surface area contributed by atoms with Gasteiger partial charge in [0.25, 0.3) is 17.5 Å². The number of aryl methyl sites for hydroxylation is 1. The smallest absolute Gasteiger partial charge is 0.278 e. The molecule has 0 bridgehead atoms. The molecule has 2 aromatic carbocycles. The molecule has 0 unspecified atom stereocenters. The molecular weight excluding hydrogens is 390 g/mol. The van der Waals surface area contributed by atoms with Crippen LogP contribution in [0.25, 0.3) is 5.57 Å². The van der Waals surface area contributed by atoms with Crippen LogP contribution < -0.4 is 10.1 Å². The molecule has 0 aromatic heterocycles. The topological polar surface area (TPSA) is 111 Å². The largest absolute Gasteiger partial charge is 0.495 e. The number of nitrogens with one attached hydrogen (secondary N) is 1. The van der Waals surface area contributed by atoms with Gasteiger partial charge in [0.2, 0.25) is 0 Å². The number of nitrogens with zero attached hydrogens (tertiary/aromatic N) is 2. The van der Waals surface area contributed by atoms with E-state index in [0.717, 1.165) is 10.5 Å². The zero-order chi connectivity index (χ0) is 21.8. The Hall–Kier alpha value is -3.72. The van der Waals surface area contributed by atoms with Crippen LogP contribution in [-0.2, 0) is 14.3 Å². The molecule has 0 atom stereocenters. The molecule has 1 aliphatic rings. The third-order valence-electron chi connectivity index (χ3n) is 4.67. The lowest BCUT2D eigenvalue weighted by Gasteiger charge is -2.15. The average Bonchev–Trinajstić information content (AvgIpc) is 2.96. The van der Waals surface area contributed by atoms with Crippen molar-refractivity contribution >= 4 is 28.8 Å². The number of imide groups is 1. The summed E-state index contributed by atoms with van der Waals surface area (Å²) >= 11 is 0. The summed E-state index contributed by atoms with van der Waals surface area (Å²) < 4.78 is 10.4. The van der Waals surface area contributed by atoms with E-state index >= 15 is 0 Å². The Bertz CT molecular complexity index is 1030. The van der Waals surface area contributed by atoms with Crippen LogP contribution in [0, 0.1) is 17.0 Å². The van der Waals surface area contributed by atoms with E-state index in [1.165, 1.54) is 38.5 Å². The van der Waals surface area contributed by atoms with E-state index in [1.807, 2.05) is 13.0 Å². The highest BCUT2D eigenvalue weighted by Gasteiger charge is 2.39. The number of hydrogen-bond acceptors (Lipinski definition) is 7. The summed E-state index contributed by atoms with van der Waals surface area (Å²) in [5.74, 6) is -0.499. The molecule has 0 radical (unpaired) electrons. The second-order valence-electron chi connectivity index (χ2n) is 6.64. The Morgan fingerprint density at radius 3 is 2.37 bits per heavy atom. The van der Waals surface area contributed by atoms with E-state index in [9.17, 15) is 19.7 Å². The van der Waals surface area contributed by atoms with Gasteiger partial charge in [0.15, 0.2) is 0 Å². The van der Waals surface area contributed by atoms with Crippen molar-refractivity contribution in [1.82, 2.24) is 4.90 Å². The van der Waals surface area contributed by atoms with Crippen molar-refractivity contribution < 1.29 is 24.0 Å². The van der Waals surface area contributed by atoms with Crippen LogP contribution in [0.15, 0.2) is 48.2 Å². The van der Waals surface area contributed by atoms with Crippen LogP contribution in [0.5, 0.6) is 5.75 Å². The molecule has 9 nitrogen and oxygen atoms in total. The molecule has 1 N–H and O–H groups in total. The molecule has 3 rings (SSSR count). The van der Waals surface area contributed by atoms with Gasteiger partial charge in [0.1, 0.15) is 11.4 Å². The molecule has 0 fully saturated rings. The lowest BCUT2D eigenvalue weighted by Crippen LogP contribution is -2.35. The number of non-ortho nitro benzene ring substituents is 1. The Morgan fingerprint density at radius 1 is 1.07 bits per heavy atom. The van der Waals surface area contributed by atoms with Gasteiger partial charge in [-0.05, 0) is 42.3 Å². The van der Waals surface area contributed by atoms with Gasteiger partial charge in [-0.1, -0.05) is 6.07 Å². The van der Waals surface area contributed by atoms with Crippen LogP contribution in [0.1, 0.15) is 11.1 Å². The van der Waals surface area contributed by atoms with Crippen molar-refractivity contribution in [1.29, 1.82) is 0 Å². The molecule has 9 heteroatoms. The highest BCUT2D eigenvalue weighted by Crippen LogP contribution is 2.34. The first-order valence-corrected chi connectivity index (χ1v) is 9.13. The van der Waals surface area contributed by atoms with E-state index in [0.29, 0.717) is 17.0 Å². The number of hydrogen-bond donors (Lipinski definition) is 1. The fourth-order valence-corrected chi connectivity index (χ4v) is 3.15. The van der Waals surface area contributed by atoms with Gasteiger partial charge in [0.05, 0.1) is 36.4 Å². The lowest BCUT2D eigenvalue weighted by molar-refractivity contribution is -0.384. The number of rotatable bonds is 8. The SMILES string of the molecule is COCCN1C(=O)C(Nc2cc(C)ccc2OC)=C(c2ccc([N+](=O)[O-])cc2)C1=O. The van der Waals surface area contributed by atoms with Crippen molar-refractivity contribution in [3.05, 3.63) is 69.4 Å². The standard InChI is InChI=1S/C21H21N3O6/c1-13-4-9-17(30-3)16(12-13)22-19-18(14-5-7-15(8-6-14)24(27)28)20(25)23(21(19)26)10-11-29-2/h4-9,12,22H,10-11H2,1-3H3. The molecular formula is C21H21N3O6. The molecule has 0 saturated carbocycles. The van der Waals surface area contributed by atoms with Crippen molar-refractivity contribution in [2.75, 3.05) is 32.7 Å². The summed E-state index contributed by atoms with van der Waals surface area (Å²) in [5, 5.41) is 14.0. The van der Waals surface area contributed by atoms with E-state index < -0.39 is 16.7 Å². The normalized spacial score (nSPS) is 13.8. The quantitative estimate of drug-likeness (QED) is 0.404. The van der Waals surface area contributed by atoms with Crippen LogP contribution in [0.3, 0.4) is 0 Å². The van der Waals surface area contributed by atoms with Gasteiger partial charge >= 0.3 is 0 Å². The summed E-state index contributed by atoms with van der Waals surface area (Å²) in [4.78, 5) is 37.6. The maximum atomic E-state index is 13.0. The molecule has 0 saturated heterocycles. The van der Waals surface area contributed by atoms with Gasteiger partial charge < -0.3 is 14.8 Å². The lowest BCUT2D eigenvalue weighted by atomic mass is 10.0. The van der Waals surface area contributed by atoms with E-state index in [4.69, 9.17) is 9.47 Å². The van der Waals surface area contributed by atoms with E-state index in [-0.39, 0.29) is 30.1 Å². The second-order valence-corrected chi connectivity index (χ2v) is 6.64. The Kier molecular flexibility index (Phi) is 6.12. The monoisotopic (exact) mass is 411 g/mol. The molecule has 1 aliphatic heterocycles. The number of amides is 2. The molecule has 2 aromatic rings. The fraction of sp³-hybridized carbons (Fsp3) is 0.238. The minimum absolute atomic E-state index is 0.0776. The maximum absolute atomic E-state index is 13.0. The third-order valence-corrected chi connectivity index (χ3v) is 4.67. The number of carbonyl (C=O) groups excluding carboxylic acids is 2. The number of nitro groups is 1. The minimum atomic E-state index is -0.526. The molecule has 1 heterocycles. The van der Waals surface area contributed by atoms with Crippen molar-refractivity contribution in [2.24, 2.45) is 0 Å². The van der Waals surface area contributed by atoms with Crippen molar-refractivity contribution in [2.45, 2.75) is 6.92 Å². The summed E-state index contributed by atoms with van der Waals surface area (Å²) in [6, 6.07) is 10.9. The first-order chi connectivity index (χ1) is 14.4. The number of carbonyl (C=O) groups is 2. The Labute approximate surface area is 173 Å². The van der Waals surface area contributed by atoms with Crippen molar-refractivity contribution in [3.63, 3.8) is 0 Å². The molecule has 30 heavy (non-hydrogen) atoms. The van der Waals surface area contributed by atoms with Gasteiger partial charge in [0, 0.05) is 19.2 Å². The average molecular weight is 411 g/mol. The van der Waals surface area contributed by atoms with Crippen LogP contribution in [0.2, 0.25) is 0 Å². The van der Waals surface area contributed by atoms with Crippen LogP contribution in [0.4, 0.5) is 11.4 Å². The minimum Gasteiger partial charge on any atom is -0.495 e. The number of methoxy groups -OCH3 is 2. The predicted molar refractivity (Wildman–Crippen MR) is 110 cm³/mol. The number of benzene rings is 2. The number of anilines is 1. The van der Waals surface area contributed by atoms with Gasteiger partial charge in [-0.15, -0.1) is 0 Å². The first kappa shape index (κ1) is 21.0. The highest BCUT2D eigenvalue weighted by molar-refractivity contribution is 6.36.